The lowest BCUT2D eigenvalue weighted by Gasteiger charge is -2.32. The molecule has 1 aliphatic rings. The summed E-state index contributed by atoms with van der Waals surface area (Å²) in [5.74, 6) is 0.187. The van der Waals surface area contributed by atoms with E-state index in [1.165, 1.54) is 18.2 Å². The number of fused-ring (bicyclic) bond motifs is 1. The van der Waals surface area contributed by atoms with Gasteiger partial charge in [0.05, 0.1) is 18.7 Å². The smallest absolute Gasteiger partial charge is 0.251 e. The summed E-state index contributed by atoms with van der Waals surface area (Å²) in [5.41, 5.74) is 3.28. The first kappa shape index (κ1) is 24.7. The Morgan fingerprint density at radius 3 is 2.37 bits per heavy atom. The number of methoxy groups -OCH3 is 2. The van der Waals surface area contributed by atoms with Crippen LogP contribution in [0.2, 0.25) is 0 Å². The number of benzene rings is 3. The van der Waals surface area contributed by atoms with Crippen molar-refractivity contribution >= 4 is 27.7 Å². The van der Waals surface area contributed by atoms with Gasteiger partial charge in [-0.1, -0.05) is 30.3 Å². The van der Waals surface area contributed by atoms with Crippen molar-refractivity contribution in [2.24, 2.45) is 0 Å². The van der Waals surface area contributed by atoms with Gasteiger partial charge < -0.3 is 19.7 Å². The van der Waals surface area contributed by atoms with Gasteiger partial charge >= 0.3 is 0 Å². The van der Waals surface area contributed by atoms with Crippen LogP contribution in [0.25, 0.3) is 0 Å². The van der Waals surface area contributed by atoms with Crippen LogP contribution in [0.1, 0.15) is 27.0 Å². The third-order valence-corrected chi connectivity index (χ3v) is 6.71. The molecule has 0 aromatic heterocycles. The Morgan fingerprint density at radius 1 is 1.03 bits per heavy atom. The maximum Gasteiger partial charge on any atom is 0.251 e. The maximum atomic E-state index is 13.7. The fourth-order valence-electron chi connectivity index (χ4n) is 4.22. The molecule has 3 aromatic carbocycles. The van der Waals surface area contributed by atoms with Crippen LogP contribution in [0.3, 0.4) is 0 Å². The number of nitrogens with one attached hydrogen (secondary N) is 1. The van der Waals surface area contributed by atoms with Crippen molar-refractivity contribution in [1.82, 2.24) is 10.2 Å². The van der Waals surface area contributed by atoms with E-state index >= 15 is 0 Å². The molecule has 8 heteroatoms. The summed E-state index contributed by atoms with van der Waals surface area (Å²) in [7, 11) is 3.18. The largest absolute Gasteiger partial charge is 0.493 e. The van der Waals surface area contributed by atoms with Crippen molar-refractivity contribution in [3.63, 3.8) is 0 Å². The Morgan fingerprint density at radius 2 is 1.71 bits per heavy atom. The topological polar surface area (TPSA) is 67.9 Å². The summed E-state index contributed by atoms with van der Waals surface area (Å²) in [6.45, 7) is 0.919. The van der Waals surface area contributed by atoms with E-state index in [2.05, 4.69) is 21.2 Å². The predicted molar refractivity (Wildman–Crippen MR) is 134 cm³/mol. The van der Waals surface area contributed by atoms with Crippen LogP contribution in [-0.2, 0) is 24.2 Å². The summed E-state index contributed by atoms with van der Waals surface area (Å²) >= 11 is 3.11. The molecule has 2 amide bonds. The third-order valence-electron chi connectivity index (χ3n) is 6.10. The van der Waals surface area contributed by atoms with E-state index in [9.17, 15) is 14.0 Å². The molecule has 3 aromatic rings. The Balaban J connectivity index is 1.57. The number of halogens is 2. The van der Waals surface area contributed by atoms with Gasteiger partial charge in [0.1, 0.15) is 11.9 Å². The van der Waals surface area contributed by atoms with Crippen LogP contribution in [-0.4, -0.2) is 43.5 Å². The minimum absolute atomic E-state index is 0.177. The van der Waals surface area contributed by atoms with Gasteiger partial charge in [-0.2, -0.15) is 0 Å². The SMILES string of the molecule is COc1cc2c(cc1OC)CN(C(=O)[C@H](Cc1ccccc1)NC(=O)c1ccc(F)c(Br)c1)CC2. The number of hydrogen-bond acceptors (Lipinski definition) is 4. The van der Waals surface area contributed by atoms with Gasteiger partial charge in [-0.3, -0.25) is 9.59 Å². The molecule has 182 valence electrons. The quantitative estimate of drug-likeness (QED) is 0.478. The Bertz CT molecular complexity index is 1240. The number of carbonyl (C=O) groups excluding carboxylic acids is 2. The molecular weight excluding hydrogens is 515 g/mol. The monoisotopic (exact) mass is 540 g/mol. The zero-order valence-electron chi connectivity index (χ0n) is 19.5. The first-order valence-corrected chi connectivity index (χ1v) is 12.0. The van der Waals surface area contributed by atoms with Crippen LogP contribution < -0.4 is 14.8 Å². The maximum absolute atomic E-state index is 13.7. The summed E-state index contributed by atoms with van der Waals surface area (Å²) < 4.78 is 24.7. The van der Waals surface area contributed by atoms with E-state index in [1.807, 2.05) is 42.5 Å². The molecule has 0 fully saturated rings. The highest BCUT2D eigenvalue weighted by molar-refractivity contribution is 9.10. The number of amides is 2. The lowest BCUT2D eigenvalue weighted by molar-refractivity contribution is -0.134. The molecule has 1 N–H and O–H groups in total. The first-order chi connectivity index (χ1) is 16.9. The third kappa shape index (κ3) is 5.65. The summed E-state index contributed by atoms with van der Waals surface area (Å²) in [6.07, 6.45) is 1.00. The van der Waals surface area contributed by atoms with Crippen molar-refractivity contribution in [2.45, 2.75) is 25.4 Å². The standard InChI is InChI=1S/C27H26BrFN2O4/c1-34-24-14-18-10-11-31(16-20(18)15-25(24)35-2)27(33)23(12-17-6-4-3-5-7-17)30-26(32)19-8-9-22(29)21(28)13-19/h3-9,13-15,23H,10-12,16H2,1-2H3,(H,30,32)/t23-/m0/s1. The number of ether oxygens (including phenoxy) is 2. The second-order valence-electron chi connectivity index (χ2n) is 8.33. The van der Waals surface area contributed by atoms with Crippen molar-refractivity contribution in [1.29, 1.82) is 0 Å². The van der Waals surface area contributed by atoms with E-state index in [0.717, 1.165) is 16.7 Å². The van der Waals surface area contributed by atoms with Crippen molar-refractivity contribution in [2.75, 3.05) is 20.8 Å². The molecule has 0 bridgehead atoms. The zero-order chi connectivity index (χ0) is 24.9. The molecule has 1 heterocycles. The average molecular weight is 541 g/mol. The van der Waals surface area contributed by atoms with Gasteiger partial charge in [0.25, 0.3) is 5.91 Å². The fraction of sp³-hybridized carbons (Fsp3) is 0.259. The molecule has 0 saturated carbocycles. The van der Waals surface area contributed by atoms with E-state index in [-0.39, 0.29) is 15.9 Å². The molecule has 6 nitrogen and oxygen atoms in total. The van der Waals surface area contributed by atoms with Gasteiger partial charge in [0.15, 0.2) is 11.5 Å². The van der Waals surface area contributed by atoms with Crippen molar-refractivity contribution < 1.29 is 23.5 Å². The van der Waals surface area contributed by atoms with E-state index in [1.54, 1.807) is 19.1 Å². The van der Waals surface area contributed by atoms with Gasteiger partial charge in [-0.25, -0.2) is 4.39 Å². The minimum atomic E-state index is -0.782. The Kier molecular flexibility index (Phi) is 7.70. The molecule has 0 aliphatic carbocycles. The summed E-state index contributed by atoms with van der Waals surface area (Å²) in [4.78, 5) is 28.4. The Labute approximate surface area is 212 Å². The summed E-state index contributed by atoms with van der Waals surface area (Å²) in [5, 5.41) is 2.87. The van der Waals surface area contributed by atoms with Crippen LogP contribution in [0.4, 0.5) is 4.39 Å². The van der Waals surface area contributed by atoms with Crippen LogP contribution in [0.5, 0.6) is 11.5 Å². The average Bonchev–Trinajstić information content (AvgIpc) is 2.88. The van der Waals surface area contributed by atoms with Crippen LogP contribution in [0, 0.1) is 5.82 Å². The highest BCUT2D eigenvalue weighted by atomic mass is 79.9. The molecule has 0 radical (unpaired) electrons. The van der Waals surface area contributed by atoms with Gasteiger partial charge in [0, 0.05) is 25.1 Å². The fourth-order valence-corrected chi connectivity index (χ4v) is 4.60. The van der Waals surface area contributed by atoms with Crippen LogP contribution in [0.15, 0.2) is 65.1 Å². The molecule has 0 spiro atoms. The number of hydrogen-bond donors (Lipinski definition) is 1. The lowest BCUT2D eigenvalue weighted by atomic mass is 9.97. The zero-order valence-corrected chi connectivity index (χ0v) is 21.1. The molecule has 4 rings (SSSR count). The van der Waals surface area contributed by atoms with Gasteiger partial charge in [-0.15, -0.1) is 0 Å². The predicted octanol–water partition coefficient (Wildman–Crippen LogP) is 4.53. The minimum Gasteiger partial charge on any atom is -0.493 e. The van der Waals surface area contributed by atoms with Crippen molar-refractivity contribution in [3.05, 3.63) is 93.2 Å². The molecular formula is C27H26BrFN2O4. The normalized spacial score (nSPS) is 13.5. The summed E-state index contributed by atoms with van der Waals surface area (Å²) in [6, 6.07) is 16.6. The van der Waals surface area contributed by atoms with Gasteiger partial charge in [-0.05, 0) is 69.4 Å². The molecule has 0 unspecified atom stereocenters. The number of rotatable bonds is 7. The van der Waals surface area contributed by atoms with E-state index < -0.39 is 17.8 Å². The number of nitrogens with zero attached hydrogens (tertiary/aromatic N) is 1. The Hall–Kier alpha value is -3.39. The molecule has 0 saturated heterocycles. The first-order valence-electron chi connectivity index (χ1n) is 11.2. The van der Waals surface area contributed by atoms with E-state index in [4.69, 9.17) is 9.47 Å². The molecule has 1 atom stereocenters. The van der Waals surface area contributed by atoms with Crippen LogP contribution >= 0.6 is 15.9 Å². The second kappa shape index (κ2) is 10.9. The molecule has 35 heavy (non-hydrogen) atoms. The second-order valence-corrected chi connectivity index (χ2v) is 9.18. The highest BCUT2D eigenvalue weighted by Crippen LogP contribution is 2.33. The van der Waals surface area contributed by atoms with Gasteiger partial charge in [0.2, 0.25) is 5.91 Å². The lowest BCUT2D eigenvalue weighted by Crippen LogP contribution is -2.50. The van der Waals surface area contributed by atoms with Crippen molar-refractivity contribution in [3.8, 4) is 11.5 Å². The molecule has 1 aliphatic heterocycles. The van der Waals surface area contributed by atoms with E-state index in [0.29, 0.717) is 37.4 Å². The number of carbonyl (C=O) groups is 2. The highest BCUT2D eigenvalue weighted by Gasteiger charge is 2.30.